The molecule has 1 aromatic rings. The molecule has 1 aromatic heterocycles. The van der Waals surface area contributed by atoms with Gasteiger partial charge in [-0.1, -0.05) is 0 Å². The van der Waals surface area contributed by atoms with Crippen LogP contribution in [0.2, 0.25) is 0 Å². The average molecular weight is 269 g/mol. The van der Waals surface area contributed by atoms with E-state index in [0.29, 0.717) is 5.76 Å². The second kappa shape index (κ2) is 6.20. The minimum absolute atomic E-state index is 0.396. The molecule has 0 aromatic carbocycles. The van der Waals surface area contributed by atoms with Crippen molar-refractivity contribution in [2.24, 2.45) is 5.92 Å². The first-order chi connectivity index (χ1) is 8.08. The molecule has 0 aliphatic carbocycles. The molecular weight excluding hydrogens is 254 g/mol. The lowest BCUT2D eigenvalue weighted by Gasteiger charge is -2.25. The van der Waals surface area contributed by atoms with E-state index >= 15 is 0 Å². The fourth-order valence-corrected chi connectivity index (χ4v) is 2.66. The highest BCUT2D eigenvalue weighted by Crippen LogP contribution is 2.36. The molecule has 0 fully saturated rings. The second-order valence-electron chi connectivity index (χ2n) is 3.53. The highest BCUT2D eigenvalue weighted by atomic mass is 32.2. The van der Waals surface area contributed by atoms with Gasteiger partial charge >= 0.3 is 0 Å². The maximum absolute atomic E-state index is 10.7. The van der Waals surface area contributed by atoms with Crippen LogP contribution < -0.4 is 0 Å². The molecule has 0 bridgehead atoms. The van der Waals surface area contributed by atoms with Gasteiger partial charge in [-0.3, -0.25) is 0 Å². The van der Waals surface area contributed by atoms with Crippen LogP contribution in [0.5, 0.6) is 0 Å². The molecular formula is C12H15NO2S2. The quantitative estimate of drug-likeness (QED) is 0.889. The van der Waals surface area contributed by atoms with Gasteiger partial charge in [0.25, 0.3) is 0 Å². The fraction of sp³-hybridized carbons (Fsp3) is 0.417. The largest absolute Gasteiger partial charge is 0.466 e. The summed E-state index contributed by atoms with van der Waals surface area (Å²) < 4.78 is 6.20. The predicted molar refractivity (Wildman–Crippen MR) is 72.5 cm³/mol. The summed E-state index contributed by atoms with van der Waals surface area (Å²) in [6, 6.07) is 5.46. The summed E-state index contributed by atoms with van der Waals surface area (Å²) in [7, 11) is 0. The number of thioether (sulfide) groups is 2. The summed E-state index contributed by atoms with van der Waals surface area (Å²) in [4.78, 5) is 0. The molecule has 1 heterocycles. The predicted octanol–water partition coefficient (Wildman–Crippen LogP) is 3.19. The normalized spacial score (nSPS) is 15.7. The Balaban J connectivity index is 3.21. The van der Waals surface area contributed by atoms with Crippen molar-refractivity contribution < 1.29 is 9.52 Å². The van der Waals surface area contributed by atoms with Crippen molar-refractivity contribution in [1.29, 1.82) is 5.26 Å². The van der Waals surface area contributed by atoms with Crippen molar-refractivity contribution in [2.75, 3.05) is 12.5 Å². The molecule has 92 valence electrons. The molecule has 5 heteroatoms. The number of aliphatic hydroxyl groups is 1. The van der Waals surface area contributed by atoms with Crippen LogP contribution in [0.15, 0.2) is 33.1 Å². The number of hydrogen-bond acceptors (Lipinski definition) is 5. The highest BCUT2D eigenvalue weighted by Gasteiger charge is 2.37. The van der Waals surface area contributed by atoms with E-state index < -0.39 is 11.5 Å². The number of rotatable bonds is 5. The Labute approximate surface area is 110 Å². The first-order valence-electron chi connectivity index (χ1n) is 5.05. The first kappa shape index (κ1) is 14.2. The van der Waals surface area contributed by atoms with Crippen LogP contribution in [0, 0.1) is 17.2 Å². The van der Waals surface area contributed by atoms with Crippen molar-refractivity contribution in [3.05, 3.63) is 34.5 Å². The number of nitrogens with zero attached hydrogens (tertiary/aromatic N) is 1. The smallest absolute Gasteiger partial charge is 0.157 e. The fourth-order valence-electron chi connectivity index (χ4n) is 1.40. The van der Waals surface area contributed by atoms with Crippen LogP contribution in [-0.4, -0.2) is 17.6 Å². The van der Waals surface area contributed by atoms with E-state index in [-0.39, 0.29) is 0 Å². The average Bonchev–Trinajstić information content (AvgIpc) is 2.88. The van der Waals surface area contributed by atoms with Gasteiger partial charge in [0.2, 0.25) is 0 Å². The monoisotopic (exact) mass is 269 g/mol. The van der Waals surface area contributed by atoms with Crippen LogP contribution in [0.4, 0.5) is 0 Å². The molecule has 0 radical (unpaired) electrons. The van der Waals surface area contributed by atoms with Gasteiger partial charge in [-0.05, 0) is 37.6 Å². The van der Waals surface area contributed by atoms with E-state index in [1.165, 1.54) is 29.8 Å². The molecule has 0 saturated heterocycles. The molecule has 0 amide bonds. The van der Waals surface area contributed by atoms with Gasteiger partial charge in [0, 0.05) is 4.24 Å². The number of nitriles is 1. The third-order valence-corrected chi connectivity index (χ3v) is 4.55. The lowest BCUT2D eigenvalue weighted by molar-refractivity contribution is 0.0324. The lowest BCUT2D eigenvalue weighted by Crippen LogP contribution is -2.30. The Hall–Kier alpha value is -0.830. The Morgan fingerprint density at radius 2 is 2.24 bits per heavy atom. The van der Waals surface area contributed by atoms with Gasteiger partial charge in [0.1, 0.15) is 5.76 Å². The minimum Gasteiger partial charge on any atom is -0.466 e. The van der Waals surface area contributed by atoms with Crippen molar-refractivity contribution in [3.63, 3.8) is 0 Å². The molecule has 0 spiro atoms. The van der Waals surface area contributed by atoms with E-state index in [2.05, 4.69) is 6.07 Å². The second-order valence-corrected chi connectivity index (χ2v) is 5.48. The number of hydrogen-bond donors (Lipinski definition) is 1. The van der Waals surface area contributed by atoms with Crippen molar-refractivity contribution in [1.82, 2.24) is 0 Å². The molecule has 3 nitrogen and oxygen atoms in total. The molecule has 2 atom stereocenters. The van der Waals surface area contributed by atoms with Crippen LogP contribution in [0.25, 0.3) is 0 Å². The topological polar surface area (TPSA) is 57.2 Å². The van der Waals surface area contributed by atoms with E-state index in [1.807, 2.05) is 12.5 Å². The van der Waals surface area contributed by atoms with Crippen LogP contribution in [-0.2, 0) is 5.60 Å². The summed E-state index contributed by atoms with van der Waals surface area (Å²) in [6.07, 6.45) is 7.05. The van der Waals surface area contributed by atoms with Gasteiger partial charge < -0.3 is 9.52 Å². The van der Waals surface area contributed by atoms with Crippen molar-refractivity contribution in [3.8, 4) is 6.07 Å². The maximum Gasteiger partial charge on any atom is 0.157 e. The lowest BCUT2D eigenvalue weighted by atomic mass is 9.87. The summed E-state index contributed by atoms with van der Waals surface area (Å²) in [6.45, 7) is 1.68. The third-order valence-electron chi connectivity index (χ3n) is 2.51. The Morgan fingerprint density at radius 1 is 1.59 bits per heavy atom. The van der Waals surface area contributed by atoms with Crippen molar-refractivity contribution in [2.45, 2.75) is 12.5 Å². The van der Waals surface area contributed by atoms with Gasteiger partial charge in [-0.2, -0.15) is 5.26 Å². The van der Waals surface area contributed by atoms with Crippen molar-refractivity contribution >= 4 is 23.5 Å². The van der Waals surface area contributed by atoms with E-state index in [9.17, 15) is 5.11 Å². The molecule has 1 N–H and O–H groups in total. The summed E-state index contributed by atoms with van der Waals surface area (Å²) in [5, 5.41) is 19.7. The Morgan fingerprint density at radius 3 is 2.65 bits per heavy atom. The van der Waals surface area contributed by atoms with Gasteiger partial charge in [-0.25, -0.2) is 0 Å². The first-order valence-corrected chi connectivity index (χ1v) is 7.50. The Bertz CT molecular complexity index is 416. The van der Waals surface area contributed by atoms with Gasteiger partial charge in [-0.15, -0.1) is 23.5 Å². The number of furan rings is 1. The van der Waals surface area contributed by atoms with E-state index in [1.54, 1.807) is 25.1 Å². The zero-order chi connectivity index (χ0) is 12.9. The summed E-state index contributed by atoms with van der Waals surface area (Å²) in [5.74, 6) is -0.185. The molecule has 0 aliphatic rings. The maximum atomic E-state index is 10.7. The summed E-state index contributed by atoms with van der Waals surface area (Å²) >= 11 is 3.07. The van der Waals surface area contributed by atoms with E-state index in [0.717, 1.165) is 4.24 Å². The molecule has 1 rings (SSSR count). The van der Waals surface area contributed by atoms with Crippen LogP contribution in [0.3, 0.4) is 0 Å². The highest BCUT2D eigenvalue weighted by molar-refractivity contribution is 8.21. The van der Waals surface area contributed by atoms with E-state index in [4.69, 9.17) is 9.68 Å². The van der Waals surface area contributed by atoms with Gasteiger partial charge in [0.15, 0.2) is 5.60 Å². The zero-order valence-corrected chi connectivity index (χ0v) is 11.6. The standard InChI is InChI=1S/C12H15NO2S2/c1-9(8-13)12(14,7-11(16-2)17-3)10-5-4-6-15-10/h4-7,9,14H,1-3H3. The molecule has 2 unspecified atom stereocenters. The zero-order valence-electron chi connectivity index (χ0n) is 10.0. The van der Waals surface area contributed by atoms with Crippen LogP contribution in [0.1, 0.15) is 12.7 Å². The third kappa shape index (κ3) is 3.09. The van der Waals surface area contributed by atoms with Crippen LogP contribution >= 0.6 is 23.5 Å². The molecule has 0 saturated carbocycles. The minimum atomic E-state index is -1.38. The molecule has 17 heavy (non-hydrogen) atoms. The van der Waals surface area contributed by atoms with Gasteiger partial charge in [0.05, 0.1) is 18.3 Å². The SMILES string of the molecule is CSC(=CC(O)(c1ccco1)C(C)C#N)SC. The Kier molecular flexibility index (Phi) is 5.19. The summed E-state index contributed by atoms with van der Waals surface area (Å²) in [5.41, 5.74) is -1.38. The molecule has 0 aliphatic heterocycles.